The maximum atomic E-state index is 13.1. The number of rotatable bonds is 6. The third kappa shape index (κ3) is 3.95. The molecule has 8 nitrogen and oxygen atoms in total. The van der Waals surface area contributed by atoms with Crippen LogP contribution >= 0.6 is 0 Å². The molecule has 3 amide bonds. The first kappa shape index (κ1) is 22.7. The highest BCUT2D eigenvalue weighted by atomic mass is 16.5. The van der Waals surface area contributed by atoms with E-state index in [2.05, 4.69) is 11.4 Å². The highest BCUT2D eigenvalue weighted by Gasteiger charge is 2.60. The Kier molecular flexibility index (Phi) is 5.59. The first-order valence-corrected chi connectivity index (χ1v) is 11.5. The molecule has 1 saturated carbocycles. The number of hydrogen-bond acceptors (Lipinski definition) is 6. The van der Waals surface area contributed by atoms with E-state index in [0.29, 0.717) is 16.9 Å². The number of benzene rings is 2. The summed E-state index contributed by atoms with van der Waals surface area (Å²) in [7, 11) is 0. The van der Waals surface area contributed by atoms with Crippen LogP contribution in [-0.2, 0) is 19.1 Å². The van der Waals surface area contributed by atoms with Crippen LogP contribution in [0, 0.1) is 23.7 Å². The van der Waals surface area contributed by atoms with Gasteiger partial charge in [-0.2, -0.15) is 0 Å². The SMILES string of the molecule is CC(=O)c1ccc(NC(=O)COC(=O)c2ccc(N3C(=O)[C@@H]4[C@H](C3=O)[C@@H]3C[C@@H]4C=C3C)cc2)cc1. The summed E-state index contributed by atoms with van der Waals surface area (Å²) in [5.74, 6) is -1.99. The highest BCUT2D eigenvalue weighted by molar-refractivity contribution is 6.23. The number of imide groups is 1. The number of Topliss-reactive ketones (excluding diaryl/α,β-unsaturated/α-hetero) is 1. The minimum atomic E-state index is -0.701. The first-order valence-electron chi connectivity index (χ1n) is 11.5. The summed E-state index contributed by atoms with van der Waals surface area (Å²) >= 11 is 0. The molecule has 1 saturated heterocycles. The van der Waals surface area contributed by atoms with Gasteiger partial charge in [0.05, 0.1) is 23.1 Å². The molecule has 35 heavy (non-hydrogen) atoms. The lowest BCUT2D eigenvalue weighted by Crippen LogP contribution is -2.33. The third-order valence-corrected chi connectivity index (χ3v) is 7.15. The fourth-order valence-corrected chi connectivity index (χ4v) is 5.48. The van der Waals surface area contributed by atoms with Gasteiger partial charge in [0.2, 0.25) is 11.8 Å². The molecule has 8 heteroatoms. The van der Waals surface area contributed by atoms with Gasteiger partial charge in [-0.05, 0) is 80.6 Å². The summed E-state index contributed by atoms with van der Waals surface area (Å²) in [5, 5.41) is 2.59. The lowest BCUT2D eigenvalue weighted by Gasteiger charge is -2.19. The van der Waals surface area contributed by atoms with Crippen LogP contribution in [0.1, 0.15) is 41.0 Å². The summed E-state index contributed by atoms with van der Waals surface area (Å²) < 4.78 is 5.08. The van der Waals surface area contributed by atoms with Gasteiger partial charge in [0.15, 0.2) is 12.4 Å². The molecule has 4 atom stereocenters. The van der Waals surface area contributed by atoms with Crippen molar-refractivity contribution in [3.05, 3.63) is 71.3 Å². The van der Waals surface area contributed by atoms with E-state index in [9.17, 15) is 24.0 Å². The average Bonchev–Trinajstić information content (AvgIpc) is 3.48. The second-order valence-electron chi connectivity index (χ2n) is 9.28. The minimum Gasteiger partial charge on any atom is -0.452 e. The van der Waals surface area contributed by atoms with Crippen LogP contribution in [-0.4, -0.2) is 36.1 Å². The third-order valence-electron chi connectivity index (χ3n) is 7.15. The fraction of sp³-hybridized carbons (Fsp3) is 0.296. The van der Waals surface area contributed by atoms with Crippen molar-refractivity contribution in [1.29, 1.82) is 0 Å². The van der Waals surface area contributed by atoms with E-state index in [-0.39, 0.29) is 46.8 Å². The number of hydrogen-bond donors (Lipinski definition) is 1. The lowest BCUT2D eigenvalue weighted by atomic mass is 9.82. The van der Waals surface area contributed by atoms with Gasteiger partial charge < -0.3 is 10.1 Å². The van der Waals surface area contributed by atoms with Gasteiger partial charge >= 0.3 is 5.97 Å². The number of carbonyl (C=O) groups excluding carboxylic acids is 5. The van der Waals surface area contributed by atoms with E-state index in [1.165, 1.54) is 29.5 Å². The smallest absolute Gasteiger partial charge is 0.338 e. The van der Waals surface area contributed by atoms with Crippen LogP contribution in [0.3, 0.4) is 0 Å². The van der Waals surface area contributed by atoms with Crippen molar-refractivity contribution in [1.82, 2.24) is 0 Å². The van der Waals surface area contributed by atoms with Crippen LogP contribution in [0.25, 0.3) is 0 Å². The van der Waals surface area contributed by atoms with Crippen molar-refractivity contribution >= 4 is 40.8 Å². The zero-order chi connectivity index (χ0) is 24.9. The van der Waals surface area contributed by atoms with Crippen molar-refractivity contribution in [2.45, 2.75) is 20.3 Å². The molecule has 1 aliphatic heterocycles. The molecule has 2 aromatic carbocycles. The molecular weight excluding hydrogens is 448 g/mol. The Morgan fingerprint density at radius 2 is 1.57 bits per heavy atom. The van der Waals surface area contributed by atoms with E-state index in [0.717, 1.165) is 6.42 Å². The number of carbonyl (C=O) groups is 5. The summed E-state index contributed by atoms with van der Waals surface area (Å²) in [4.78, 5) is 63.1. The molecule has 2 aliphatic carbocycles. The Morgan fingerprint density at radius 1 is 0.943 bits per heavy atom. The van der Waals surface area contributed by atoms with E-state index in [1.54, 1.807) is 36.4 Å². The molecule has 0 unspecified atom stereocenters. The Labute approximate surface area is 201 Å². The molecule has 2 bridgehead atoms. The summed E-state index contributed by atoms with van der Waals surface area (Å²) in [6.45, 7) is 2.98. The van der Waals surface area contributed by atoms with Gasteiger partial charge in [-0.3, -0.25) is 24.1 Å². The average molecular weight is 472 g/mol. The summed E-state index contributed by atoms with van der Waals surface area (Å²) in [6.07, 6.45) is 2.99. The van der Waals surface area contributed by atoms with Crippen LogP contribution in [0.5, 0.6) is 0 Å². The van der Waals surface area contributed by atoms with Crippen molar-refractivity contribution in [3.63, 3.8) is 0 Å². The van der Waals surface area contributed by atoms with E-state index in [4.69, 9.17) is 4.74 Å². The van der Waals surface area contributed by atoms with Crippen molar-refractivity contribution in [3.8, 4) is 0 Å². The number of ether oxygens (including phenoxy) is 1. The molecule has 0 radical (unpaired) electrons. The van der Waals surface area contributed by atoms with Gasteiger partial charge in [-0.25, -0.2) is 4.79 Å². The molecule has 0 aromatic heterocycles. The zero-order valence-corrected chi connectivity index (χ0v) is 19.3. The minimum absolute atomic E-state index is 0.0802. The topological polar surface area (TPSA) is 110 Å². The maximum absolute atomic E-state index is 13.1. The molecule has 5 rings (SSSR count). The Bertz CT molecular complexity index is 1280. The van der Waals surface area contributed by atoms with E-state index in [1.807, 2.05) is 6.92 Å². The number of ketones is 1. The molecule has 1 heterocycles. The number of fused-ring (bicyclic) bond motifs is 5. The number of nitrogens with one attached hydrogen (secondary N) is 1. The lowest BCUT2D eigenvalue weighted by molar-refractivity contribution is -0.123. The predicted octanol–water partition coefficient (Wildman–Crippen LogP) is 3.39. The number of esters is 1. The van der Waals surface area contributed by atoms with Crippen LogP contribution < -0.4 is 10.2 Å². The van der Waals surface area contributed by atoms with Crippen molar-refractivity contribution in [2.75, 3.05) is 16.8 Å². The molecule has 1 N–H and O–H groups in total. The van der Waals surface area contributed by atoms with Crippen LogP contribution in [0.15, 0.2) is 60.2 Å². The molecule has 2 fully saturated rings. The van der Waals surface area contributed by atoms with Crippen LogP contribution in [0.2, 0.25) is 0 Å². The van der Waals surface area contributed by atoms with Gasteiger partial charge in [-0.1, -0.05) is 11.6 Å². The predicted molar refractivity (Wildman–Crippen MR) is 127 cm³/mol. The molecular formula is C27H24N2O6. The number of allylic oxidation sites excluding steroid dienone is 2. The summed E-state index contributed by atoms with van der Waals surface area (Å²) in [5.41, 5.74) is 2.81. The molecule has 3 aliphatic rings. The van der Waals surface area contributed by atoms with Gasteiger partial charge in [0.25, 0.3) is 5.91 Å². The quantitative estimate of drug-likeness (QED) is 0.299. The zero-order valence-electron chi connectivity index (χ0n) is 19.3. The Balaban J connectivity index is 1.18. The first-order chi connectivity index (χ1) is 16.7. The van der Waals surface area contributed by atoms with Gasteiger partial charge in [-0.15, -0.1) is 0 Å². The maximum Gasteiger partial charge on any atom is 0.338 e. The molecule has 178 valence electrons. The number of anilines is 2. The van der Waals surface area contributed by atoms with Gasteiger partial charge in [0, 0.05) is 11.3 Å². The second-order valence-corrected chi connectivity index (χ2v) is 9.28. The molecule has 2 aromatic rings. The normalized spacial score (nSPS) is 24.3. The van der Waals surface area contributed by atoms with E-state index < -0.39 is 18.5 Å². The second kappa shape index (κ2) is 8.61. The van der Waals surface area contributed by atoms with E-state index >= 15 is 0 Å². The molecule has 0 spiro atoms. The fourth-order valence-electron chi connectivity index (χ4n) is 5.48. The standard InChI is InChI=1S/C27H24N2O6/c1-14-11-18-12-21(14)24-23(18)25(32)29(26(24)33)20-9-5-17(6-10-20)27(34)35-13-22(31)28-19-7-3-16(4-8-19)15(2)30/h3-11,18,21,23-24H,12-13H2,1-2H3,(H,28,31)/t18-,21+,23-,24+/m0/s1. The number of nitrogens with zero attached hydrogens (tertiary/aromatic N) is 1. The Hall–Kier alpha value is -4.07. The van der Waals surface area contributed by atoms with Crippen molar-refractivity contribution < 1.29 is 28.7 Å². The summed E-state index contributed by atoms with van der Waals surface area (Å²) in [6, 6.07) is 12.4. The largest absolute Gasteiger partial charge is 0.452 e. The monoisotopic (exact) mass is 472 g/mol. The van der Waals surface area contributed by atoms with Gasteiger partial charge in [0.1, 0.15) is 0 Å². The number of amides is 3. The van der Waals surface area contributed by atoms with Crippen LogP contribution in [0.4, 0.5) is 11.4 Å². The van der Waals surface area contributed by atoms with Crippen molar-refractivity contribution in [2.24, 2.45) is 23.7 Å². The Morgan fingerprint density at radius 3 is 2.23 bits per heavy atom. The highest BCUT2D eigenvalue weighted by Crippen LogP contribution is 2.55.